The van der Waals surface area contributed by atoms with E-state index in [0.717, 1.165) is 23.5 Å². The van der Waals surface area contributed by atoms with E-state index in [2.05, 4.69) is 5.32 Å². The van der Waals surface area contributed by atoms with Gasteiger partial charge in [0, 0.05) is 0 Å². The molecule has 1 amide bonds. The number of aliphatic hydroxyl groups excluding tert-OH is 1. The number of nitrogens with two attached hydrogens (primary N) is 1. The molecule has 2 atom stereocenters. The van der Waals surface area contributed by atoms with Gasteiger partial charge in [0.05, 0.1) is 23.1 Å². The Labute approximate surface area is 205 Å². The third-order valence-electron chi connectivity index (χ3n) is 5.59. The van der Waals surface area contributed by atoms with Crippen LogP contribution in [0.25, 0.3) is 0 Å². The number of carbonyl (C=O) groups is 1. The molecular weight excluding hydrogens is 476 g/mol. The third-order valence-corrected chi connectivity index (χ3v) is 10.7. The van der Waals surface area contributed by atoms with Crippen molar-refractivity contribution >= 4 is 39.3 Å². The minimum Gasteiger partial charge on any atom is -0.388 e. The van der Waals surface area contributed by atoms with Crippen LogP contribution in [0.15, 0.2) is 60.7 Å². The fraction of sp³-hybridized carbons (Fsp3) is 0.458. The van der Waals surface area contributed by atoms with Crippen LogP contribution in [0.5, 0.6) is 0 Å². The molecule has 0 bridgehead atoms. The van der Waals surface area contributed by atoms with Crippen molar-refractivity contribution in [1.82, 2.24) is 5.32 Å². The molecule has 1 heterocycles. The molecule has 0 aliphatic carbocycles. The second kappa shape index (κ2) is 10.8. The highest BCUT2D eigenvalue weighted by Gasteiger charge is 2.50. The molecule has 0 saturated carbocycles. The minimum absolute atomic E-state index is 0.175. The van der Waals surface area contributed by atoms with E-state index < -0.39 is 43.3 Å². The molecule has 4 N–H and O–H groups in total. The Hall–Kier alpha value is -1.52. The Bertz CT molecular complexity index is 1020. The molecule has 2 aromatic carbocycles. The largest absolute Gasteiger partial charge is 0.388 e. The summed E-state index contributed by atoms with van der Waals surface area (Å²) in [6.07, 6.45) is 0.118. The summed E-state index contributed by atoms with van der Waals surface area (Å²) in [4.78, 5) is 12.9. The molecule has 1 saturated heterocycles. The minimum atomic E-state index is -3.59. The topological polar surface area (TPSA) is 109 Å². The normalized spacial score (nSPS) is 18.3. The maximum Gasteiger partial charge on any atom is 0.238 e. The number of thioether (sulfide) groups is 2. The van der Waals surface area contributed by atoms with Crippen LogP contribution in [-0.2, 0) is 24.5 Å². The predicted octanol–water partition coefficient (Wildman–Crippen LogP) is 2.91. The lowest BCUT2D eigenvalue weighted by Gasteiger charge is -2.47. The van der Waals surface area contributed by atoms with Crippen LogP contribution < -0.4 is 11.1 Å². The smallest absolute Gasteiger partial charge is 0.238 e. The van der Waals surface area contributed by atoms with Crippen LogP contribution in [0.4, 0.5) is 0 Å². The molecule has 2 aromatic rings. The zero-order chi connectivity index (χ0) is 24.1. The average molecular weight is 509 g/mol. The van der Waals surface area contributed by atoms with Crippen LogP contribution in [0.1, 0.15) is 31.4 Å². The molecule has 9 heteroatoms. The van der Waals surface area contributed by atoms with Gasteiger partial charge in [-0.1, -0.05) is 60.7 Å². The fourth-order valence-electron chi connectivity index (χ4n) is 3.89. The van der Waals surface area contributed by atoms with Gasteiger partial charge in [0.1, 0.15) is 10.2 Å². The highest BCUT2D eigenvalue weighted by Crippen LogP contribution is 2.54. The highest BCUT2D eigenvalue weighted by atomic mass is 32.2. The van der Waals surface area contributed by atoms with Gasteiger partial charge in [0.25, 0.3) is 0 Å². The van der Waals surface area contributed by atoms with Crippen molar-refractivity contribution in [1.29, 1.82) is 0 Å². The quantitative estimate of drug-likeness (QED) is 0.478. The number of sulfone groups is 1. The molecule has 6 nitrogen and oxygen atoms in total. The summed E-state index contributed by atoms with van der Waals surface area (Å²) in [5.41, 5.74) is 6.61. The molecule has 1 aliphatic heterocycles. The van der Waals surface area contributed by atoms with Crippen molar-refractivity contribution in [2.45, 2.75) is 47.8 Å². The van der Waals surface area contributed by atoms with Gasteiger partial charge in [-0.15, -0.1) is 23.5 Å². The molecule has 0 aromatic heterocycles. The Balaban J connectivity index is 1.72. The standard InChI is InChI=1S/C24H32N2O4S3/c1-23(2,22(28)24(31-14-9-15-32-24)19-12-7-4-8-13-19)26-21(27)20(25)17-33(29,30)16-18-10-5-3-6-11-18/h3-8,10-13,20,22,28H,9,14-17,25H2,1-2H3,(H,26,27). The number of rotatable bonds is 9. The van der Waals surface area contributed by atoms with E-state index in [-0.39, 0.29) is 5.75 Å². The SMILES string of the molecule is CC(C)(NC(=O)C(N)CS(=O)(=O)Cc1ccccc1)C(O)C1(c2ccccc2)SCCCS1. The maximum atomic E-state index is 12.9. The second-order valence-corrected chi connectivity index (χ2v) is 13.9. The zero-order valence-electron chi connectivity index (χ0n) is 18.9. The average Bonchev–Trinajstić information content (AvgIpc) is 2.79. The van der Waals surface area contributed by atoms with Crippen molar-refractivity contribution in [3.8, 4) is 0 Å². The van der Waals surface area contributed by atoms with Crippen LogP contribution in [0, 0.1) is 0 Å². The van der Waals surface area contributed by atoms with E-state index in [9.17, 15) is 18.3 Å². The van der Waals surface area contributed by atoms with Crippen molar-refractivity contribution in [2.75, 3.05) is 17.3 Å². The van der Waals surface area contributed by atoms with E-state index >= 15 is 0 Å². The van der Waals surface area contributed by atoms with Gasteiger partial charge in [0.2, 0.25) is 5.91 Å². The Kier molecular flexibility index (Phi) is 8.55. The number of carbonyl (C=O) groups excluding carboxylic acids is 1. The van der Waals surface area contributed by atoms with Crippen molar-refractivity contribution in [2.24, 2.45) is 5.73 Å². The van der Waals surface area contributed by atoms with Crippen molar-refractivity contribution in [3.63, 3.8) is 0 Å². The van der Waals surface area contributed by atoms with Crippen molar-refractivity contribution < 1.29 is 18.3 Å². The zero-order valence-corrected chi connectivity index (χ0v) is 21.4. The summed E-state index contributed by atoms with van der Waals surface area (Å²) >= 11 is 3.36. The summed E-state index contributed by atoms with van der Waals surface area (Å²) in [5, 5.41) is 14.4. The monoisotopic (exact) mass is 508 g/mol. The Morgan fingerprint density at radius 1 is 1.09 bits per heavy atom. The van der Waals surface area contributed by atoms with E-state index in [0.29, 0.717) is 5.56 Å². The first-order chi connectivity index (χ1) is 15.6. The molecule has 0 radical (unpaired) electrons. The van der Waals surface area contributed by atoms with Gasteiger partial charge in [-0.2, -0.15) is 0 Å². The lowest BCUT2D eigenvalue weighted by molar-refractivity contribution is -0.125. The molecule has 33 heavy (non-hydrogen) atoms. The number of hydrogen-bond acceptors (Lipinski definition) is 7. The lowest BCUT2D eigenvalue weighted by Crippen LogP contribution is -2.61. The van der Waals surface area contributed by atoms with E-state index in [1.807, 2.05) is 36.4 Å². The van der Waals surface area contributed by atoms with Gasteiger partial charge >= 0.3 is 0 Å². The number of aliphatic hydroxyl groups is 1. The first-order valence-corrected chi connectivity index (χ1v) is 14.7. The van der Waals surface area contributed by atoms with Gasteiger partial charge in [-0.05, 0) is 42.9 Å². The van der Waals surface area contributed by atoms with Gasteiger partial charge in [-0.3, -0.25) is 4.79 Å². The Morgan fingerprint density at radius 3 is 2.21 bits per heavy atom. The molecule has 0 spiro atoms. The molecule has 3 rings (SSSR count). The molecular formula is C24H32N2O4S3. The molecule has 180 valence electrons. The van der Waals surface area contributed by atoms with E-state index in [1.54, 1.807) is 61.6 Å². The van der Waals surface area contributed by atoms with Gasteiger partial charge < -0.3 is 16.2 Å². The summed E-state index contributed by atoms with van der Waals surface area (Å²) in [7, 11) is -3.59. The van der Waals surface area contributed by atoms with Crippen molar-refractivity contribution in [3.05, 3.63) is 71.8 Å². The second-order valence-electron chi connectivity index (χ2n) is 8.84. The first-order valence-electron chi connectivity index (χ1n) is 10.9. The fourth-order valence-corrected chi connectivity index (χ4v) is 9.12. The van der Waals surface area contributed by atoms with Gasteiger partial charge in [-0.25, -0.2) is 8.42 Å². The third kappa shape index (κ3) is 6.54. The van der Waals surface area contributed by atoms with Crippen LogP contribution in [0.3, 0.4) is 0 Å². The number of hydrogen-bond donors (Lipinski definition) is 3. The van der Waals surface area contributed by atoms with E-state index in [1.165, 1.54) is 0 Å². The maximum absolute atomic E-state index is 12.9. The first kappa shape index (κ1) is 26.1. The van der Waals surface area contributed by atoms with Crippen LogP contribution in [-0.4, -0.2) is 54.4 Å². The predicted molar refractivity (Wildman–Crippen MR) is 138 cm³/mol. The summed E-state index contributed by atoms with van der Waals surface area (Å²) in [6, 6.07) is 17.4. The number of benzene rings is 2. The number of nitrogens with one attached hydrogen (secondary N) is 1. The van der Waals surface area contributed by atoms with Gasteiger partial charge in [0.15, 0.2) is 9.84 Å². The molecule has 1 fully saturated rings. The molecule has 2 unspecified atom stereocenters. The lowest BCUT2D eigenvalue weighted by atomic mass is 9.90. The number of amides is 1. The molecule has 1 aliphatic rings. The summed E-state index contributed by atoms with van der Waals surface area (Å²) < 4.78 is 24.5. The summed E-state index contributed by atoms with van der Waals surface area (Å²) in [5.74, 6) is 0.573. The summed E-state index contributed by atoms with van der Waals surface area (Å²) in [6.45, 7) is 3.50. The highest BCUT2D eigenvalue weighted by molar-refractivity contribution is 8.18. The van der Waals surface area contributed by atoms with Crippen LogP contribution >= 0.6 is 23.5 Å². The Morgan fingerprint density at radius 2 is 1.64 bits per heavy atom. The van der Waals surface area contributed by atoms with E-state index in [4.69, 9.17) is 5.73 Å². The van der Waals surface area contributed by atoms with Crippen LogP contribution in [0.2, 0.25) is 0 Å².